The van der Waals surface area contributed by atoms with E-state index >= 15 is 0 Å². The van der Waals surface area contributed by atoms with Crippen molar-refractivity contribution in [1.29, 1.82) is 0 Å². The summed E-state index contributed by atoms with van der Waals surface area (Å²) in [6, 6.07) is 2.71. The van der Waals surface area contributed by atoms with Crippen molar-refractivity contribution in [2.24, 2.45) is 0 Å². The Kier molecular flexibility index (Phi) is 2.81. The zero-order valence-corrected chi connectivity index (χ0v) is 11.2. The number of nitrogens with zero attached hydrogens (tertiary/aromatic N) is 3. The molecule has 3 heterocycles. The molecule has 1 aliphatic heterocycles. The summed E-state index contributed by atoms with van der Waals surface area (Å²) in [6.07, 6.45) is 4.19. The summed E-state index contributed by atoms with van der Waals surface area (Å²) in [6.45, 7) is 1.11. The molecule has 0 spiro atoms. The number of thiophene rings is 1. The summed E-state index contributed by atoms with van der Waals surface area (Å²) in [7, 11) is 0. The fourth-order valence-corrected chi connectivity index (χ4v) is 3.68. The van der Waals surface area contributed by atoms with Crippen molar-refractivity contribution < 1.29 is 0 Å². The number of anilines is 1. The minimum atomic E-state index is 0.581. The van der Waals surface area contributed by atoms with Gasteiger partial charge >= 0.3 is 0 Å². The van der Waals surface area contributed by atoms with Gasteiger partial charge in [0.25, 0.3) is 0 Å². The molecular weight excluding hydrogens is 286 g/mol. The van der Waals surface area contributed by atoms with E-state index in [1.54, 1.807) is 17.7 Å². The quantitative estimate of drug-likeness (QED) is 0.798. The molecule has 0 bridgehead atoms. The van der Waals surface area contributed by atoms with E-state index in [1.165, 1.54) is 18.2 Å². The topological polar surface area (TPSA) is 29.0 Å². The van der Waals surface area contributed by atoms with Gasteiger partial charge in [0.1, 0.15) is 17.0 Å². The molecule has 1 atom stereocenters. The fraction of sp³-hybridized carbons (Fsp3) is 0.455. The second-order valence-corrected chi connectivity index (χ2v) is 5.52. The molecule has 1 aliphatic rings. The molecule has 1 fully saturated rings. The average molecular weight is 298 g/mol. The maximum Gasteiger partial charge on any atom is 0.141 e. The first-order valence-corrected chi connectivity index (χ1v) is 7.41. The molecule has 0 radical (unpaired) electrons. The molecule has 1 saturated heterocycles. The fourth-order valence-electron chi connectivity index (χ4n) is 2.28. The zero-order valence-electron chi connectivity index (χ0n) is 8.77. The number of hydrogen-bond acceptors (Lipinski definition) is 4. The van der Waals surface area contributed by atoms with E-state index in [4.69, 9.17) is 0 Å². The van der Waals surface area contributed by atoms with Gasteiger partial charge in [-0.05, 0) is 24.3 Å². The number of rotatable bonds is 2. The lowest BCUT2D eigenvalue weighted by atomic mass is 10.2. The Bertz CT molecular complexity index is 499. The molecule has 0 saturated carbocycles. The van der Waals surface area contributed by atoms with Crippen molar-refractivity contribution in [3.05, 3.63) is 17.8 Å². The van der Waals surface area contributed by atoms with Crippen LogP contribution in [0.15, 0.2) is 17.8 Å². The van der Waals surface area contributed by atoms with Crippen LogP contribution < -0.4 is 4.90 Å². The summed E-state index contributed by atoms with van der Waals surface area (Å²) in [5, 5.41) is 4.30. The lowest BCUT2D eigenvalue weighted by Gasteiger charge is -2.24. The summed E-state index contributed by atoms with van der Waals surface area (Å²) < 4.78 is 0. The Hall–Kier alpha value is -0.680. The number of halogens is 1. The lowest BCUT2D eigenvalue weighted by molar-refractivity contribution is 0.743. The largest absolute Gasteiger partial charge is 0.352 e. The molecule has 3 nitrogen and oxygen atoms in total. The smallest absolute Gasteiger partial charge is 0.141 e. The first-order valence-electron chi connectivity index (χ1n) is 5.41. The Labute approximate surface area is 107 Å². The van der Waals surface area contributed by atoms with E-state index < -0.39 is 0 Å². The number of aromatic nitrogens is 2. The zero-order chi connectivity index (χ0) is 11.0. The van der Waals surface area contributed by atoms with Crippen molar-refractivity contribution >= 4 is 43.3 Å². The molecule has 2 aromatic rings. The van der Waals surface area contributed by atoms with Gasteiger partial charge < -0.3 is 4.90 Å². The molecule has 1 unspecified atom stereocenters. The molecule has 2 aromatic heterocycles. The standard InChI is InChI=1S/C11H12BrN3S/c12-6-8-2-1-4-15(8)10-9-3-5-16-11(9)14-7-13-10/h3,5,7-8H,1-2,4,6H2. The first-order chi connectivity index (χ1) is 7.90. The van der Waals surface area contributed by atoms with Gasteiger partial charge in [0, 0.05) is 17.9 Å². The predicted molar refractivity (Wildman–Crippen MR) is 71.6 cm³/mol. The van der Waals surface area contributed by atoms with Gasteiger partial charge in [-0.15, -0.1) is 11.3 Å². The number of hydrogen-bond donors (Lipinski definition) is 0. The van der Waals surface area contributed by atoms with Gasteiger partial charge in [-0.1, -0.05) is 15.9 Å². The highest BCUT2D eigenvalue weighted by Gasteiger charge is 2.26. The van der Waals surface area contributed by atoms with Gasteiger partial charge in [0.05, 0.1) is 5.39 Å². The van der Waals surface area contributed by atoms with Crippen molar-refractivity contribution in [3.8, 4) is 0 Å². The highest BCUT2D eigenvalue weighted by molar-refractivity contribution is 9.09. The summed E-state index contributed by atoms with van der Waals surface area (Å²) in [5.74, 6) is 1.10. The van der Waals surface area contributed by atoms with Crippen LogP contribution in [0, 0.1) is 0 Å². The minimum absolute atomic E-state index is 0.581. The van der Waals surface area contributed by atoms with E-state index in [1.807, 2.05) is 0 Å². The van der Waals surface area contributed by atoms with Gasteiger partial charge in [0.15, 0.2) is 0 Å². The molecule has 16 heavy (non-hydrogen) atoms. The highest BCUT2D eigenvalue weighted by atomic mass is 79.9. The molecular formula is C11H12BrN3S. The highest BCUT2D eigenvalue weighted by Crippen LogP contribution is 2.31. The number of fused-ring (bicyclic) bond motifs is 1. The summed E-state index contributed by atoms with van der Waals surface area (Å²) in [4.78, 5) is 12.2. The van der Waals surface area contributed by atoms with Gasteiger partial charge in [-0.25, -0.2) is 9.97 Å². The van der Waals surface area contributed by atoms with Gasteiger partial charge in [-0.2, -0.15) is 0 Å². The van der Waals surface area contributed by atoms with E-state index in [0.29, 0.717) is 6.04 Å². The average Bonchev–Trinajstić information content (AvgIpc) is 2.96. The van der Waals surface area contributed by atoms with Crippen LogP contribution in [0.25, 0.3) is 10.2 Å². The monoisotopic (exact) mass is 297 g/mol. The normalized spacial score (nSPS) is 20.8. The molecule has 0 aliphatic carbocycles. The molecule has 84 valence electrons. The van der Waals surface area contributed by atoms with Crippen LogP contribution in [-0.4, -0.2) is 27.9 Å². The third kappa shape index (κ3) is 1.62. The van der Waals surface area contributed by atoms with Crippen molar-refractivity contribution in [2.45, 2.75) is 18.9 Å². The molecule has 5 heteroatoms. The molecule has 0 N–H and O–H groups in total. The predicted octanol–water partition coefficient (Wildman–Crippen LogP) is 3.06. The second kappa shape index (κ2) is 4.30. The van der Waals surface area contributed by atoms with E-state index in [-0.39, 0.29) is 0 Å². The molecule has 0 amide bonds. The minimum Gasteiger partial charge on any atom is -0.352 e. The Morgan fingerprint density at radius 2 is 2.44 bits per heavy atom. The van der Waals surface area contributed by atoms with Gasteiger partial charge in [-0.3, -0.25) is 0 Å². The second-order valence-electron chi connectivity index (χ2n) is 3.98. The van der Waals surface area contributed by atoms with E-state index in [9.17, 15) is 0 Å². The Morgan fingerprint density at radius 3 is 3.31 bits per heavy atom. The van der Waals surface area contributed by atoms with Crippen LogP contribution in [0.5, 0.6) is 0 Å². The maximum absolute atomic E-state index is 4.46. The van der Waals surface area contributed by atoms with Crippen molar-refractivity contribution in [3.63, 3.8) is 0 Å². The Balaban J connectivity index is 2.07. The van der Waals surface area contributed by atoms with Crippen LogP contribution in [0.2, 0.25) is 0 Å². The first kappa shape index (κ1) is 10.5. The van der Waals surface area contributed by atoms with E-state index in [0.717, 1.165) is 22.5 Å². The van der Waals surface area contributed by atoms with Crippen molar-refractivity contribution in [1.82, 2.24) is 9.97 Å². The summed E-state index contributed by atoms with van der Waals surface area (Å²) >= 11 is 5.27. The van der Waals surface area contributed by atoms with Crippen LogP contribution in [0.3, 0.4) is 0 Å². The van der Waals surface area contributed by atoms with Crippen LogP contribution in [-0.2, 0) is 0 Å². The van der Waals surface area contributed by atoms with Crippen LogP contribution in [0.1, 0.15) is 12.8 Å². The molecule has 3 rings (SSSR count). The number of alkyl halides is 1. The Morgan fingerprint density at radius 1 is 1.50 bits per heavy atom. The van der Waals surface area contributed by atoms with Gasteiger partial charge in [0.2, 0.25) is 0 Å². The lowest BCUT2D eigenvalue weighted by Crippen LogP contribution is -2.31. The van der Waals surface area contributed by atoms with Crippen LogP contribution in [0.4, 0.5) is 5.82 Å². The maximum atomic E-state index is 4.46. The van der Waals surface area contributed by atoms with E-state index in [2.05, 4.69) is 42.2 Å². The third-order valence-corrected chi connectivity index (χ3v) is 4.64. The van der Waals surface area contributed by atoms with Crippen molar-refractivity contribution in [2.75, 3.05) is 16.8 Å². The summed E-state index contributed by atoms with van der Waals surface area (Å²) in [5.41, 5.74) is 0. The third-order valence-electron chi connectivity index (χ3n) is 3.07. The SMILES string of the molecule is BrCC1CCCN1c1ncnc2sccc12. The van der Waals surface area contributed by atoms with Crippen LogP contribution >= 0.6 is 27.3 Å². The molecule has 0 aromatic carbocycles.